The fourth-order valence-corrected chi connectivity index (χ4v) is 5.32. The smallest absolute Gasteiger partial charge is 0.256 e. The van der Waals surface area contributed by atoms with Crippen LogP contribution >= 0.6 is 11.6 Å². The molecule has 3 fully saturated rings. The van der Waals surface area contributed by atoms with Gasteiger partial charge in [-0.2, -0.15) is 4.98 Å². The van der Waals surface area contributed by atoms with Crippen LogP contribution in [0.15, 0.2) is 24.4 Å². The van der Waals surface area contributed by atoms with Crippen molar-refractivity contribution in [2.24, 2.45) is 11.1 Å². The molecule has 5 rings (SSSR count). The molecule has 1 aromatic heterocycles. The number of nitrogens with zero attached hydrogens (tertiary/aromatic N) is 3. The zero-order valence-electron chi connectivity index (χ0n) is 19.4. The second-order valence-electron chi connectivity index (χ2n) is 10.1. The second kappa shape index (κ2) is 9.68. The number of halogens is 1. The number of aliphatic hydroxyl groups is 1. The van der Waals surface area contributed by atoms with E-state index in [1.54, 1.807) is 6.20 Å². The highest BCUT2D eigenvalue weighted by molar-refractivity contribution is 6.31. The van der Waals surface area contributed by atoms with Crippen molar-refractivity contribution in [1.82, 2.24) is 15.3 Å². The first-order valence-electron chi connectivity index (χ1n) is 12.3. The summed E-state index contributed by atoms with van der Waals surface area (Å²) in [6, 6.07) is 5.90. The Bertz CT molecular complexity index is 1050. The van der Waals surface area contributed by atoms with Gasteiger partial charge in [0.1, 0.15) is 11.4 Å². The van der Waals surface area contributed by atoms with Crippen LogP contribution in [0, 0.1) is 5.41 Å². The summed E-state index contributed by atoms with van der Waals surface area (Å²) in [6.07, 6.45) is 9.02. The molecule has 5 N–H and O–H groups in total. The molecule has 8 nitrogen and oxygen atoms in total. The van der Waals surface area contributed by atoms with E-state index in [4.69, 9.17) is 22.3 Å². The molecule has 2 aromatic rings. The molecule has 1 aromatic carbocycles. The van der Waals surface area contributed by atoms with Crippen molar-refractivity contribution in [1.29, 1.82) is 0 Å². The fourth-order valence-electron chi connectivity index (χ4n) is 5.06. The van der Waals surface area contributed by atoms with Crippen molar-refractivity contribution in [3.63, 3.8) is 0 Å². The largest absolute Gasteiger partial charge is 0.392 e. The summed E-state index contributed by atoms with van der Waals surface area (Å²) in [6.45, 7) is 2.28. The van der Waals surface area contributed by atoms with Gasteiger partial charge in [0.15, 0.2) is 0 Å². The molecular formula is C25H33ClN6O2. The van der Waals surface area contributed by atoms with Crippen molar-refractivity contribution in [3.8, 4) is 0 Å². The van der Waals surface area contributed by atoms with E-state index >= 15 is 0 Å². The Morgan fingerprint density at radius 3 is 2.71 bits per heavy atom. The highest BCUT2D eigenvalue weighted by Crippen LogP contribution is 2.53. The summed E-state index contributed by atoms with van der Waals surface area (Å²) in [7, 11) is 0. The monoisotopic (exact) mass is 484 g/mol. The first-order chi connectivity index (χ1) is 16.4. The van der Waals surface area contributed by atoms with Crippen molar-refractivity contribution in [2.75, 3.05) is 23.3 Å². The van der Waals surface area contributed by atoms with Crippen LogP contribution in [0.5, 0.6) is 0 Å². The molecule has 2 saturated carbocycles. The second-order valence-corrected chi connectivity index (χ2v) is 10.5. The minimum absolute atomic E-state index is 0.102. The lowest BCUT2D eigenvalue weighted by molar-refractivity contribution is 0.0926. The van der Waals surface area contributed by atoms with E-state index in [9.17, 15) is 9.90 Å². The van der Waals surface area contributed by atoms with Crippen molar-refractivity contribution in [2.45, 2.75) is 70.2 Å². The molecule has 2 aliphatic carbocycles. The van der Waals surface area contributed by atoms with Gasteiger partial charge in [-0.15, -0.1) is 0 Å². The normalized spacial score (nSPS) is 23.2. The Kier molecular flexibility index (Phi) is 6.64. The molecular weight excluding hydrogens is 452 g/mol. The number of hydrogen-bond donors (Lipinski definition) is 4. The molecule has 1 saturated heterocycles. The average Bonchev–Trinajstić information content (AvgIpc) is 3.47. The number of aliphatic hydroxyl groups excluding tert-OH is 1. The maximum Gasteiger partial charge on any atom is 0.256 e. The lowest BCUT2D eigenvalue weighted by Crippen LogP contribution is -2.40. The molecule has 9 heteroatoms. The van der Waals surface area contributed by atoms with Gasteiger partial charge < -0.3 is 26.4 Å². The zero-order valence-corrected chi connectivity index (χ0v) is 20.2. The third-order valence-corrected chi connectivity index (χ3v) is 7.91. The Morgan fingerprint density at radius 2 is 2.03 bits per heavy atom. The van der Waals surface area contributed by atoms with Crippen molar-refractivity contribution in [3.05, 3.63) is 46.1 Å². The lowest BCUT2D eigenvalue weighted by atomic mass is 9.91. The highest BCUT2D eigenvalue weighted by atomic mass is 35.5. The number of carbonyl (C=O) groups excluding carboxylic acids is 1. The van der Waals surface area contributed by atoms with Crippen LogP contribution in [0.1, 0.15) is 66.4 Å². The lowest BCUT2D eigenvalue weighted by Gasteiger charge is -2.27. The summed E-state index contributed by atoms with van der Waals surface area (Å²) in [5.74, 6) is 1.03. The SMILES string of the molecule is NC1CCC(NC(=O)c2cnc(N3CCC4(CC4)C3)nc2NCc2ccc(CO)c(Cl)c2)CC1. The summed E-state index contributed by atoms with van der Waals surface area (Å²) in [5.41, 5.74) is 8.54. The predicted molar refractivity (Wildman–Crippen MR) is 133 cm³/mol. The number of aromatic nitrogens is 2. The molecule has 1 aliphatic heterocycles. The number of anilines is 2. The van der Waals surface area contributed by atoms with Gasteiger partial charge in [0.05, 0.1) is 6.61 Å². The van der Waals surface area contributed by atoms with E-state index in [1.165, 1.54) is 19.3 Å². The number of rotatable bonds is 7. The first-order valence-corrected chi connectivity index (χ1v) is 12.6. The summed E-state index contributed by atoms with van der Waals surface area (Å²) >= 11 is 6.26. The van der Waals surface area contributed by atoms with E-state index in [0.29, 0.717) is 39.9 Å². The quantitative estimate of drug-likeness (QED) is 0.476. The van der Waals surface area contributed by atoms with Gasteiger partial charge >= 0.3 is 0 Å². The topological polar surface area (TPSA) is 116 Å². The number of nitrogens with two attached hydrogens (primary N) is 1. The fraction of sp³-hybridized carbons (Fsp3) is 0.560. The third kappa shape index (κ3) is 5.14. The molecule has 3 aliphatic rings. The van der Waals surface area contributed by atoms with Crippen LogP contribution in [0.4, 0.5) is 11.8 Å². The van der Waals surface area contributed by atoms with Crippen LogP contribution in [0.3, 0.4) is 0 Å². The van der Waals surface area contributed by atoms with Crippen LogP contribution in [-0.4, -0.2) is 46.2 Å². The summed E-state index contributed by atoms with van der Waals surface area (Å²) in [5, 5.41) is 16.4. The average molecular weight is 485 g/mol. The molecule has 0 atom stereocenters. The molecule has 1 amide bonds. The Morgan fingerprint density at radius 1 is 1.24 bits per heavy atom. The number of carbonyl (C=O) groups is 1. The van der Waals surface area contributed by atoms with E-state index in [1.807, 2.05) is 18.2 Å². The van der Waals surface area contributed by atoms with Gasteiger partial charge in [0.2, 0.25) is 5.95 Å². The standard InChI is InChI=1S/C25H33ClN6O2/c26-21-11-16(1-2-17(21)14-33)12-28-22-20(23(34)30-19-5-3-18(27)4-6-19)13-29-24(31-22)32-10-9-25(15-32)7-8-25/h1-2,11,13,18-19,33H,3-10,12,14-15,27H2,(H,30,34)(H,28,29,31). The van der Waals surface area contributed by atoms with Gasteiger partial charge in [-0.05, 0) is 67.6 Å². The van der Waals surface area contributed by atoms with Crippen LogP contribution in [0.2, 0.25) is 5.02 Å². The van der Waals surface area contributed by atoms with E-state index in [0.717, 1.165) is 44.3 Å². The molecule has 34 heavy (non-hydrogen) atoms. The minimum Gasteiger partial charge on any atom is -0.392 e. The maximum absolute atomic E-state index is 13.2. The van der Waals surface area contributed by atoms with Crippen LogP contribution in [-0.2, 0) is 13.2 Å². The van der Waals surface area contributed by atoms with Crippen LogP contribution < -0.4 is 21.3 Å². The minimum atomic E-state index is -0.164. The number of nitrogens with one attached hydrogen (secondary N) is 2. The maximum atomic E-state index is 13.2. The zero-order chi connectivity index (χ0) is 23.7. The van der Waals surface area contributed by atoms with Gasteiger partial charge in [0, 0.05) is 42.9 Å². The molecule has 182 valence electrons. The van der Waals surface area contributed by atoms with Crippen molar-refractivity contribution < 1.29 is 9.90 Å². The molecule has 2 heterocycles. The van der Waals surface area contributed by atoms with Gasteiger partial charge in [-0.3, -0.25) is 4.79 Å². The molecule has 0 unspecified atom stereocenters. The van der Waals surface area contributed by atoms with Crippen molar-refractivity contribution >= 4 is 29.3 Å². The molecule has 0 radical (unpaired) electrons. The van der Waals surface area contributed by atoms with E-state index in [2.05, 4.69) is 20.5 Å². The van der Waals surface area contributed by atoms with Gasteiger partial charge in [0.25, 0.3) is 5.91 Å². The molecule has 1 spiro atoms. The van der Waals surface area contributed by atoms with Crippen LogP contribution in [0.25, 0.3) is 0 Å². The number of hydrogen-bond acceptors (Lipinski definition) is 7. The first kappa shape index (κ1) is 23.3. The Balaban J connectivity index is 1.34. The third-order valence-electron chi connectivity index (χ3n) is 7.55. The van der Waals surface area contributed by atoms with E-state index in [-0.39, 0.29) is 24.6 Å². The Labute approximate surface area is 205 Å². The Hall–Kier alpha value is -2.42. The van der Waals surface area contributed by atoms with Gasteiger partial charge in [-0.1, -0.05) is 23.7 Å². The highest BCUT2D eigenvalue weighted by Gasteiger charge is 2.48. The molecule has 0 bridgehead atoms. The summed E-state index contributed by atoms with van der Waals surface area (Å²) < 4.78 is 0. The summed E-state index contributed by atoms with van der Waals surface area (Å²) in [4.78, 5) is 24.8. The number of amides is 1. The predicted octanol–water partition coefficient (Wildman–Crippen LogP) is 3.22. The van der Waals surface area contributed by atoms with Gasteiger partial charge in [-0.25, -0.2) is 4.98 Å². The number of benzene rings is 1. The van der Waals surface area contributed by atoms with E-state index < -0.39 is 0 Å².